The zero-order valence-electron chi connectivity index (χ0n) is 13.3. The molecule has 3 N–H and O–H groups in total. The molecule has 0 bridgehead atoms. The topological polar surface area (TPSA) is 76.7 Å². The van der Waals surface area contributed by atoms with Crippen LogP contribution in [-0.4, -0.2) is 15.0 Å². The molecule has 0 radical (unpaired) electrons. The summed E-state index contributed by atoms with van der Waals surface area (Å²) in [5.41, 5.74) is 9.03. The molecule has 0 aliphatic heterocycles. The molecule has 1 aromatic carbocycles. The van der Waals surface area contributed by atoms with Crippen molar-refractivity contribution >= 4 is 77.4 Å². The van der Waals surface area contributed by atoms with Gasteiger partial charge in [0.15, 0.2) is 5.82 Å². The first kappa shape index (κ1) is 22.0. The van der Waals surface area contributed by atoms with Gasteiger partial charge in [-0.2, -0.15) is 4.98 Å². The molecule has 0 amide bonds. The standard InChI is InChI=1S/C17H13Cl2N5.2ClH/c18-15-10-22-17(19)24-16(15)23-14-3-1-2-11(8-14)4-5-13-9-12(20)6-7-21-13;;/h1-10H,(H2,20,21)(H,22,23,24);2*1H. The molecule has 0 fully saturated rings. The van der Waals surface area contributed by atoms with E-state index < -0.39 is 0 Å². The highest BCUT2D eigenvalue weighted by molar-refractivity contribution is 6.33. The summed E-state index contributed by atoms with van der Waals surface area (Å²) in [5, 5.41) is 3.65. The number of nitrogens with two attached hydrogens (primary N) is 1. The minimum atomic E-state index is 0. The van der Waals surface area contributed by atoms with Crippen molar-refractivity contribution in [1.82, 2.24) is 15.0 Å². The third-order valence-electron chi connectivity index (χ3n) is 3.12. The van der Waals surface area contributed by atoms with Crippen LogP contribution in [0, 0.1) is 0 Å². The number of hydrogen-bond acceptors (Lipinski definition) is 5. The molecule has 0 atom stereocenters. The van der Waals surface area contributed by atoms with Gasteiger partial charge in [0.25, 0.3) is 0 Å². The number of hydrogen-bond donors (Lipinski definition) is 2. The second kappa shape index (κ2) is 10.2. The largest absolute Gasteiger partial charge is 0.399 e. The predicted octanol–water partition coefficient (Wildman–Crippen LogP) is 5.52. The first-order valence-corrected chi connectivity index (χ1v) is 7.80. The fourth-order valence-electron chi connectivity index (χ4n) is 2.03. The summed E-state index contributed by atoms with van der Waals surface area (Å²) in [6.07, 6.45) is 6.97. The maximum atomic E-state index is 6.06. The fourth-order valence-corrected chi connectivity index (χ4v) is 2.30. The Morgan fingerprint density at radius 3 is 2.58 bits per heavy atom. The number of nitrogen functional groups attached to an aromatic ring is 1. The van der Waals surface area contributed by atoms with E-state index >= 15 is 0 Å². The molecule has 2 aromatic heterocycles. The molecular formula is C17H15Cl4N5. The number of pyridine rings is 1. The summed E-state index contributed by atoms with van der Waals surface area (Å²) in [5.74, 6) is 0.454. The Labute approximate surface area is 173 Å². The quantitative estimate of drug-likeness (QED) is 0.533. The molecule has 9 heteroatoms. The van der Waals surface area contributed by atoms with Gasteiger partial charge in [0.05, 0.1) is 11.9 Å². The third-order valence-corrected chi connectivity index (χ3v) is 3.57. The van der Waals surface area contributed by atoms with Crippen molar-refractivity contribution in [1.29, 1.82) is 0 Å². The first-order valence-electron chi connectivity index (χ1n) is 7.05. The second-order valence-corrected chi connectivity index (χ2v) is 5.68. The van der Waals surface area contributed by atoms with Gasteiger partial charge in [0.2, 0.25) is 5.28 Å². The molecule has 0 aliphatic rings. The van der Waals surface area contributed by atoms with E-state index in [1.807, 2.05) is 36.4 Å². The van der Waals surface area contributed by atoms with E-state index in [4.69, 9.17) is 28.9 Å². The average molecular weight is 431 g/mol. The Hall–Kier alpha value is -2.05. The van der Waals surface area contributed by atoms with E-state index in [-0.39, 0.29) is 30.1 Å². The van der Waals surface area contributed by atoms with Crippen LogP contribution in [0.15, 0.2) is 48.8 Å². The molecule has 2 heterocycles. The Morgan fingerprint density at radius 1 is 1.00 bits per heavy atom. The van der Waals surface area contributed by atoms with E-state index in [0.717, 1.165) is 16.9 Å². The minimum absolute atomic E-state index is 0. The summed E-state index contributed by atoms with van der Waals surface area (Å²) in [6, 6.07) is 11.3. The lowest BCUT2D eigenvalue weighted by molar-refractivity contribution is 1.17. The van der Waals surface area contributed by atoms with Crippen molar-refractivity contribution in [2.75, 3.05) is 11.1 Å². The van der Waals surface area contributed by atoms with Crippen molar-refractivity contribution in [2.45, 2.75) is 0 Å². The highest BCUT2D eigenvalue weighted by Crippen LogP contribution is 2.24. The zero-order valence-corrected chi connectivity index (χ0v) is 16.4. The van der Waals surface area contributed by atoms with Crippen LogP contribution in [0.5, 0.6) is 0 Å². The molecule has 5 nitrogen and oxygen atoms in total. The second-order valence-electron chi connectivity index (χ2n) is 4.93. The molecule has 0 spiro atoms. The number of aromatic nitrogens is 3. The predicted molar refractivity (Wildman–Crippen MR) is 114 cm³/mol. The van der Waals surface area contributed by atoms with Crippen molar-refractivity contribution in [3.8, 4) is 0 Å². The van der Waals surface area contributed by atoms with Gasteiger partial charge in [-0.15, -0.1) is 24.8 Å². The highest BCUT2D eigenvalue weighted by Gasteiger charge is 2.04. The molecule has 0 unspecified atom stereocenters. The zero-order chi connectivity index (χ0) is 16.9. The summed E-state index contributed by atoms with van der Waals surface area (Å²) in [4.78, 5) is 12.1. The summed E-state index contributed by atoms with van der Waals surface area (Å²) >= 11 is 11.9. The van der Waals surface area contributed by atoms with Gasteiger partial charge in [0.1, 0.15) is 5.02 Å². The van der Waals surface area contributed by atoms with E-state index in [1.165, 1.54) is 6.20 Å². The van der Waals surface area contributed by atoms with Gasteiger partial charge in [-0.1, -0.05) is 29.8 Å². The molecule has 26 heavy (non-hydrogen) atoms. The summed E-state index contributed by atoms with van der Waals surface area (Å²) < 4.78 is 0. The van der Waals surface area contributed by atoms with Crippen LogP contribution in [0.3, 0.4) is 0 Å². The van der Waals surface area contributed by atoms with Crippen LogP contribution in [0.2, 0.25) is 10.3 Å². The average Bonchev–Trinajstić information content (AvgIpc) is 2.57. The minimum Gasteiger partial charge on any atom is -0.399 e. The first-order chi connectivity index (χ1) is 11.6. The Kier molecular flexibility index (Phi) is 8.61. The van der Waals surface area contributed by atoms with E-state index in [0.29, 0.717) is 16.5 Å². The van der Waals surface area contributed by atoms with Crippen molar-refractivity contribution < 1.29 is 0 Å². The van der Waals surface area contributed by atoms with Gasteiger partial charge in [-0.05, 0) is 47.5 Å². The van der Waals surface area contributed by atoms with Crippen molar-refractivity contribution in [3.05, 3.63) is 70.4 Å². The van der Waals surface area contributed by atoms with Crippen LogP contribution in [-0.2, 0) is 0 Å². The lowest BCUT2D eigenvalue weighted by Crippen LogP contribution is -1.96. The highest BCUT2D eigenvalue weighted by atomic mass is 35.5. The summed E-state index contributed by atoms with van der Waals surface area (Å²) in [7, 11) is 0. The van der Waals surface area contributed by atoms with Gasteiger partial charge >= 0.3 is 0 Å². The molecule has 0 aliphatic carbocycles. The Bertz CT molecular complexity index is 902. The SMILES string of the molecule is Cl.Cl.Nc1ccnc(C=Cc2cccc(Nc3nc(Cl)ncc3Cl)c2)c1. The third kappa shape index (κ3) is 6.04. The molecule has 0 saturated heterocycles. The monoisotopic (exact) mass is 429 g/mol. The van der Waals surface area contributed by atoms with Gasteiger partial charge in [-0.3, -0.25) is 4.98 Å². The number of rotatable bonds is 4. The molecule has 0 saturated carbocycles. The lowest BCUT2D eigenvalue weighted by atomic mass is 10.1. The van der Waals surface area contributed by atoms with Gasteiger partial charge < -0.3 is 11.1 Å². The van der Waals surface area contributed by atoms with E-state index in [1.54, 1.807) is 18.3 Å². The van der Waals surface area contributed by atoms with Gasteiger partial charge in [0, 0.05) is 17.6 Å². The van der Waals surface area contributed by atoms with Crippen LogP contribution in [0.4, 0.5) is 17.2 Å². The molecule has 136 valence electrons. The van der Waals surface area contributed by atoms with Gasteiger partial charge in [-0.25, -0.2) is 4.98 Å². The Morgan fingerprint density at radius 2 is 1.81 bits per heavy atom. The van der Waals surface area contributed by atoms with Crippen LogP contribution in [0.1, 0.15) is 11.3 Å². The van der Waals surface area contributed by atoms with E-state index in [2.05, 4.69) is 20.3 Å². The van der Waals surface area contributed by atoms with Crippen LogP contribution < -0.4 is 11.1 Å². The van der Waals surface area contributed by atoms with Crippen molar-refractivity contribution in [3.63, 3.8) is 0 Å². The fraction of sp³-hybridized carbons (Fsp3) is 0. The van der Waals surface area contributed by atoms with Crippen LogP contribution in [0.25, 0.3) is 12.2 Å². The van der Waals surface area contributed by atoms with Crippen molar-refractivity contribution in [2.24, 2.45) is 0 Å². The maximum Gasteiger partial charge on any atom is 0.224 e. The number of nitrogens with zero attached hydrogens (tertiary/aromatic N) is 3. The molecule has 3 rings (SSSR count). The normalized spacial score (nSPS) is 10.1. The van der Waals surface area contributed by atoms with Crippen LogP contribution >= 0.6 is 48.0 Å². The molecular weight excluding hydrogens is 416 g/mol. The maximum absolute atomic E-state index is 6.06. The smallest absolute Gasteiger partial charge is 0.224 e. The van der Waals surface area contributed by atoms with E-state index in [9.17, 15) is 0 Å². The number of halogens is 4. The lowest BCUT2D eigenvalue weighted by Gasteiger charge is -2.08. The number of anilines is 3. The summed E-state index contributed by atoms with van der Waals surface area (Å²) in [6.45, 7) is 0. The molecule has 3 aromatic rings. The number of nitrogens with one attached hydrogen (secondary N) is 1. The Balaban J connectivity index is 0.00000169. The number of benzene rings is 1.